The van der Waals surface area contributed by atoms with E-state index in [0.29, 0.717) is 29.3 Å². The van der Waals surface area contributed by atoms with Crippen LogP contribution in [0.5, 0.6) is 0 Å². The Kier molecular flexibility index (Phi) is 5.92. The topological polar surface area (TPSA) is 104 Å². The van der Waals surface area contributed by atoms with Gasteiger partial charge in [-0.3, -0.25) is 4.79 Å². The second-order valence-electron chi connectivity index (χ2n) is 5.51. The van der Waals surface area contributed by atoms with Gasteiger partial charge >= 0.3 is 0 Å². The van der Waals surface area contributed by atoms with Crippen LogP contribution in [0.1, 0.15) is 20.8 Å². The zero-order valence-electron chi connectivity index (χ0n) is 13.9. The van der Waals surface area contributed by atoms with Crippen molar-refractivity contribution in [2.45, 2.75) is 32.2 Å². The van der Waals surface area contributed by atoms with Crippen LogP contribution >= 0.6 is 11.3 Å². The van der Waals surface area contributed by atoms with E-state index in [9.17, 15) is 13.2 Å². The van der Waals surface area contributed by atoms with Crippen molar-refractivity contribution in [3.05, 3.63) is 23.0 Å². The van der Waals surface area contributed by atoms with Crippen molar-refractivity contribution in [2.75, 3.05) is 13.2 Å². The highest BCUT2D eigenvalue weighted by molar-refractivity contribution is 7.89. The average Bonchev–Trinajstić information content (AvgIpc) is 2.83. The number of nitrogens with two attached hydrogens (primary N) is 1. The maximum atomic E-state index is 12.0. The number of hydrogen-bond acceptors (Lipinski definition) is 5. The van der Waals surface area contributed by atoms with E-state index in [-0.39, 0.29) is 16.7 Å². The number of primary sulfonamides is 1. The number of nitrogens with zero attached hydrogens (tertiary/aromatic N) is 2. The zero-order valence-corrected chi connectivity index (χ0v) is 15.5. The first-order chi connectivity index (χ1) is 11.2. The molecule has 0 unspecified atom stereocenters. The lowest BCUT2D eigenvalue weighted by Gasteiger charge is -2.06. The van der Waals surface area contributed by atoms with Crippen LogP contribution in [0.15, 0.2) is 28.1 Å². The Morgan fingerprint density at radius 3 is 2.71 bits per heavy atom. The Hall–Kier alpha value is -1.55. The van der Waals surface area contributed by atoms with Crippen LogP contribution < -0.4 is 9.94 Å². The predicted octanol–water partition coefficient (Wildman–Crippen LogP) is 1.47. The summed E-state index contributed by atoms with van der Waals surface area (Å²) in [5.41, 5.74) is 0.794. The molecule has 0 aliphatic heterocycles. The van der Waals surface area contributed by atoms with Crippen LogP contribution in [0, 0.1) is 5.92 Å². The van der Waals surface area contributed by atoms with E-state index >= 15 is 0 Å². The van der Waals surface area contributed by atoms with Crippen LogP contribution in [0.3, 0.4) is 0 Å². The summed E-state index contributed by atoms with van der Waals surface area (Å²) in [6.45, 7) is 7.05. The van der Waals surface area contributed by atoms with Crippen LogP contribution in [0.2, 0.25) is 0 Å². The van der Waals surface area contributed by atoms with Crippen molar-refractivity contribution >= 4 is 37.5 Å². The average molecular weight is 371 g/mol. The molecule has 1 heterocycles. The molecule has 0 aliphatic rings. The predicted molar refractivity (Wildman–Crippen MR) is 93.1 cm³/mol. The molecule has 0 saturated heterocycles. The van der Waals surface area contributed by atoms with Gasteiger partial charge in [0, 0.05) is 19.1 Å². The molecule has 1 aromatic heterocycles. The molecular formula is C15H21N3O4S2. The van der Waals surface area contributed by atoms with Crippen molar-refractivity contribution in [2.24, 2.45) is 16.0 Å². The standard InChI is InChI=1S/C15H21N3O4S2/c1-4-22-8-7-18-12-6-5-11(24(16,20)21)9-13(12)23-15(18)17-14(19)10(2)3/h5-6,9-10H,4,7-8H2,1-3H3,(H2,16,20,21). The first kappa shape index (κ1) is 18.8. The molecule has 1 amide bonds. The highest BCUT2D eigenvalue weighted by Gasteiger charge is 2.14. The third-order valence-electron chi connectivity index (χ3n) is 3.35. The largest absolute Gasteiger partial charge is 0.380 e. The molecule has 0 aliphatic carbocycles. The Balaban J connectivity index is 2.61. The van der Waals surface area contributed by atoms with E-state index in [2.05, 4.69) is 4.99 Å². The fourth-order valence-electron chi connectivity index (χ4n) is 2.06. The fraction of sp³-hybridized carbons (Fsp3) is 0.467. The second-order valence-corrected chi connectivity index (χ2v) is 8.08. The number of benzene rings is 1. The smallest absolute Gasteiger partial charge is 0.250 e. The first-order valence-electron chi connectivity index (χ1n) is 7.56. The van der Waals surface area contributed by atoms with Gasteiger partial charge in [-0.15, -0.1) is 0 Å². The number of carbonyl (C=O) groups excluding carboxylic acids is 1. The molecule has 0 spiro atoms. The number of amides is 1. The Labute approximate surface area is 144 Å². The number of rotatable bonds is 6. The summed E-state index contributed by atoms with van der Waals surface area (Å²) in [6.07, 6.45) is 0. The molecule has 0 saturated carbocycles. The monoisotopic (exact) mass is 371 g/mol. The van der Waals surface area contributed by atoms with Crippen molar-refractivity contribution in [3.63, 3.8) is 0 Å². The molecule has 0 fully saturated rings. The molecule has 2 aromatic rings. The van der Waals surface area contributed by atoms with E-state index in [4.69, 9.17) is 9.88 Å². The van der Waals surface area contributed by atoms with Gasteiger partial charge in [0.15, 0.2) is 4.80 Å². The van der Waals surface area contributed by atoms with Gasteiger partial charge in [0.2, 0.25) is 10.0 Å². The molecule has 9 heteroatoms. The van der Waals surface area contributed by atoms with Crippen molar-refractivity contribution in [3.8, 4) is 0 Å². The van der Waals surface area contributed by atoms with Gasteiger partial charge in [-0.2, -0.15) is 4.99 Å². The maximum absolute atomic E-state index is 12.0. The maximum Gasteiger partial charge on any atom is 0.250 e. The third-order valence-corrected chi connectivity index (χ3v) is 5.30. The van der Waals surface area contributed by atoms with Gasteiger partial charge in [0.25, 0.3) is 5.91 Å². The van der Waals surface area contributed by atoms with Gasteiger partial charge in [-0.05, 0) is 25.1 Å². The Morgan fingerprint density at radius 2 is 2.12 bits per heavy atom. The van der Waals surface area contributed by atoms with Crippen molar-refractivity contribution < 1.29 is 17.9 Å². The number of carbonyl (C=O) groups is 1. The van der Waals surface area contributed by atoms with E-state index in [0.717, 1.165) is 5.52 Å². The summed E-state index contributed by atoms with van der Waals surface area (Å²) in [4.78, 5) is 16.7. The number of hydrogen-bond donors (Lipinski definition) is 1. The lowest BCUT2D eigenvalue weighted by atomic mass is 10.2. The van der Waals surface area contributed by atoms with Gasteiger partial charge < -0.3 is 9.30 Å². The number of sulfonamides is 1. The number of thiazole rings is 1. The molecule has 2 N–H and O–H groups in total. The molecular weight excluding hydrogens is 350 g/mol. The molecule has 1 aromatic carbocycles. The van der Waals surface area contributed by atoms with E-state index < -0.39 is 10.0 Å². The molecule has 2 rings (SSSR count). The SMILES string of the molecule is CCOCCn1c(=NC(=O)C(C)C)sc2cc(S(N)(=O)=O)ccc21. The lowest BCUT2D eigenvalue weighted by Crippen LogP contribution is -2.20. The van der Waals surface area contributed by atoms with Gasteiger partial charge in [0.1, 0.15) is 0 Å². The van der Waals surface area contributed by atoms with Crippen LogP contribution in [0.4, 0.5) is 0 Å². The Morgan fingerprint density at radius 1 is 1.42 bits per heavy atom. The summed E-state index contributed by atoms with van der Waals surface area (Å²) in [5, 5.41) is 5.18. The normalized spacial score (nSPS) is 13.1. The van der Waals surface area contributed by atoms with E-state index in [1.807, 2.05) is 11.5 Å². The van der Waals surface area contributed by atoms with Gasteiger partial charge in [-0.1, -0.05) is 25.2 Å². The molecule has 0 bridgehead atoms. The van der Waals surface area contributed by atoms with Crippen molar-refractivity contribution in [1.29, 1.82) is 0 Å². The summed E-state index contributed by atoms with van der Waals surface area (Å²) in [6, 6.07) is 4.64. The molecule has 24 heavy (non-hydrogen) atoms. The molecule has 0 radical (unpaired) electrons. The van der Waals surface area contributed by atoms with Gasteiger partial charge in [0.05, 0.1) is 21.7 Å². The summed E-state index contributed by atoms with van der Waals surface area (Å²) in [7, 11) is -3.78. The first-order valence-corrected chi connectivity index (χ1v) is 9.92. The van der Waals surface area contributed by atoms with Crippen LogP contribution in [-0.4, -0.2) is 32.1 Å². The highest BCUT2D eigenvalue weighted by atomic mass is 32.2. The molecule has 7 nitrogen and oxygen atoms in total. The lowest BCUT2D eigenvalue weighted by molar-refractivity contribution is -0.120. The van der Waals surface area contributed by atoms with E-state index in [1.165, 1.54) is 23.5 Å². The Bertz CT molecular complexity index is 910. The fourth-order valence-corrected chi connectivity index (χ4v) is 3.77. The van der Waals surface area contributed by atoms with Gasteiger partial charge in [-0.25, -0.2) is 13.6 Å². The van der Waals surface area contributed by atoms with Crippen LogP contribution in [0.25, 0.3) is 10.2 Å². The minimum atomic E-state index is -3.78. The third kappa shape index (κ3) is 4.29. The summed E-state index contributed by atoms with van der Waals surface area (Å²) in [5.74, 6) is -0.436. The summed E-state index contributed by atoms with van der Waals surface area (Å²) >= 11 is 1.26. The quantitative estimate of drug-likeness (QED) is 0.777. The van der Waals surface area contributed by atoms with Crippen LogP contribution in [-0.2, 0) is 26.1 Å². The number of aromatic nitrogens is 1. The summed E-state index contributed by atoms with van der Waals surface area (Å²) < 4.78 is 31.0. The number of fused-ring (bicyclic) bond motifs is 1. The molecule has 132 valence electrons. The highest BCUT2D eigenvalue weighted by Crippen LogP contribution is 2.21. The minimum Gasteiger partial charge on any atom is -0.380 e. The number of ether oxygens (including phenoxy) is 1. The van der Waals surface area contributed by atoms with Crippen molar-refractivity contribution in [1.82, 2.24) is 4.57 Å². The second kappa shape index (κ2) is 7.56. The molecule has 0 atom stereocenters. The van der Waals surface area contributed by atoms with E-state index in [1.54, 1.807) is 19.9 Å². The minimum absolute atomic E-state index is 0.0370. The zero-order chi connectivity index (χ0) is 17.9.